The van der Waals surface area contributed by atoms with Crippen LogP contribution in [0.15, 0.2) is 58.6 Å². The third kappa shape index (κ3) is 3.38. The van der Waals surface area contributed by atoms with E-state index in [9.17, 15) is 4.79 Å². The van der Waals surface area contributed by atoms with Gasteiger partial charge >= 0.3 is 0 Å². The van der Waals surface area contributed by atoms with Gasteiger partial charge in [0.2, 0.25) is 5.91 Å². The number of aromatic nitrogens is 2. The predicted molar refractivity (Wildman–Crippen MR) is 98.4 cm³/mol. The monoisotopic (exact) mass is 343 g/mol. The lowest BCUT2D eigenvalue weighted by Gasteiger charge is -2.11. The van der Waals surface area contributed by atoms with E-state index >= 15 is 0 Å². The number of hydrogen-bond acceptors (Lipinski definition) is 4. The summed E-state index contributed by atoms with van der Waals surface area (Å²) in [5.74, 6) is -0.0510. The van der Waals surface area contributed by atoms with Crippen LogP contribution >= 0.6 is 23.5 Å². The number of amides is 1. The highest BCUT2D eigenvalue weighted by molar-refractivity contribution is 7.98. The van der Waals surface area contributed by atoms with Crippen LogP contribution < -0.4 is 5.32 Å². The molecule has 6 heteroatoms. The molecule has 0 atom stereocenters. The van der Waals surface area contributed by atoms with Crippen LogP contribution in [-0.4, -0.2) is 28.0 Å². The van der Waals surface area contributed by atoms with E-state index in [2.05, 4.69) is 10.3 Å². The average Bonchev–Trinajstić information content (AvgIpc) is 2.93. The molecule has 118 valence electrons. The van der Waals surface area contributed by atoms with Crippen molar-refractivity contribution in [3.05, 3.63) is 48.5 Å². The van der Waals surface area contributed by atoms with Crippen molar-refractivity contribution < 1.29 is 4.79 Å². The molecular weight excluding hydrogens is 326 g/mol. The van der Waals surface area contributed by atoms with Gasteiger partial charge in [-0.3, -0.25) is 4.79 Å². The van der Waals surface area contributed by atoms with Crippen molar-refractivity contribution in [1.29, 1.82) is 0 Å². The van der Waals surface area contributed by atoms with Gasteiger partial charge in [-0.1, -0.05) is 36.0 Å². The summed E-state index contributed by atoms with van der Waals surface area (Å²) >= 11 is 3.16. The third-order valence-corrected chi connectivity index (χ3v) is 4.96. The summed E-state index contributed by atoms with van der Waals surface area (Å²) in [5.41, 5.74) is 2.74. The fraction of sp³-hybridized carbons (Fsp3) is 0.176. The van der Waals surface area contributed by atoms with Crippen LogP contribution in [0.25, 0.3) is 11.0 Å². The number of benzene rings is 2. The Balaban J connectivity index is 1.86. The van der Waals surface area contributed by atoms with Gasteiger partial charge in [0.1, 0.15) is 6.54 Å². The van der Waals surface area contributed by atoms with Crippen LogP contribution in [0.5, 0.6) is 0 Å². The van der Waals surface area contributed by atoms with Gasteiger partial charge in [0, 0.05) is 4.90 Å². The van der Waals surface area contributed by atoms with Crippen LogP contribution in [0.1, 0.15) is 0 Å². The van der Waals surface area contributed by atoms with Crippen LogP contribution in [0.2, 0.25) is 0 Å². The average molecular weight is 343 g/mol. The smallest absolute Gasteiger partial charge is 0.244 e. The van der Waals surface area contributed by atoms with Crippen molar-refractivity contribution in [3.63, 3.8) is 0 Å². The zero-order valence-corrected chi connectivity index (χ0v) is 14.6. The lowest BCUT2D eigenvalue weighted by Crippen LogP contribution is -2.19. The first-order chi connectivity index (χ1) is 11.2. The van der Waals surface area contributed by atoms with Crippen LogP contribution in [-0.2, 0) is 11.3 Å². The Hall–Kier alpha value is -1.92. The zero-order valence-electron chi connectivity index (χ0n) is 12.9. The Morgan fingerprint density at radius 2 is 1.83 bits per heavy atom. The lowest BCUT2D eigenvalue weighted by atomic mass is 10.3. The van der Waals surface area contributed by atoms with Crippen molar-refractivity contribution in [3.8, 4) is 0 Å². The van der Waals surface area contributed by atoms with E-state index in [0.29, 0.717) is 0 Å². The number of carbonyl (C=O) groups is 1. The maximum atomic E-state index is 12.5. The molecule has 0 radical (unpaired) electrons. The van der Waals surface area contributed by atoms with Gasteiger partial charge in [-0.2, -0.15) is 0 Å². The molecule has 1 N–H and O–H groups in total. The highest BCUT2D eigenvalue weighted by Gasteiger charge is 2.13. The molecule has 4 nitrogen and oxygen atoms in total. The topological polar surface area (TPSA) is 46.9 Å². The zero-order chi connectivity index (χ0) is 16.2. The minimum absolute atomic E-state index is 0.0510. The molecule has 1 aromatic heterocycles. The summed E-state index contributed by atoms with van der Waals surface area (Å²) in [6.45, 7) is 0.249. The second-order valence-corrected chi connectivity index (χ2v) is 6.54. The molecule has 2 aromatic carbocycles. The summed E-state index contributed by atoms with van der Waals surface area (Å²) in [5, 5.41) is 3.84. The Labute approximate surface area is 143 Å². The Morgan fingerprint density at radius 1 is 1.09 bits per heavy atom. The molecule has 3 aromatic rings. The normalized spacial score (nSPS) is 10.9. The number of thioether (sulfide) groups is 2. The van der Waals surface area contributed by atoms with Crippen LogP contribution in [0, 0.1) is 0 Å². The molecule has 0 spiro atoms. The fourth-order valence-electron chi connectivity index (χ4n) is 2.44. The van der Waals surface area contributed by atoms with E-state index in [-0.39, 0.29) is 12.5 Å². The summed E-state index contributed by atoms with van der Waals surface area (Å²) < 4.78 is 1.96. The molecule has 23 heavy (non-hydrogen) atoms. The molecule has 0 aliphatic carbocycles. The molecule has 0 aliphatic heterocycles. The lowest BCUT2D eigenvalue weighted by molar-refractivity contribution is -0.116. The number of para-hydroxylation sites is 3. The van der Waals surface area contributed by atoms with Gasteiger partial charge in [-0.05, 0) is 36.8 Å². The van der Waals surface area contributed by atoms with E-state index in [1.807, 2.05) is 65.6 Å². The molecule has 0 fully saturated rings. The molecule has 0 saturated heterocycles. The first-order valence-electron chi connectivity index (χ1n) is 7.15. The number of fused-ring (bicyclic) bond motifs is 1. The number of imidazole rings is 1. The van der Waals surface area contributed by atoms with E-state index in [1.54, 1.807) is 23.5 Å². The first kappa shape index (κ1) is 16.0. The van der Waals surface area contributed by atoms with Crippen LogP contribution in [0.4, 0.5) is 5.69 Å². The first-order valence-corrected chi connectivity index (χ1v) is 9.60. The standard InChI is InChI=1S/C17H17N3OS2/c1-22-15-10-6-4-8-13(15)18-16(21)11-20-14-9-5-3-7-12(14)19-17(20)23-2/h3-10H,11H2,1-2H3,(H,18,21). The molecule has 0 bridgehead atoms. The third-order valence-electron chi connectivity index (χ3n) is 3.48. The summed E-state index contributed by atoms with van der Waals surface area (Å²) in [4.78, 5) is 18.1. The van der Waals surface area contributed by atoms with Gasteiger partial charge < -0.3 is 9.88 Å². The van der Waals surface area contributed by atoms with Crippen molar-refractivity contribution in [1.82, 2.24) is 9.55 Å². The Morgan fingerprint density at radius 3 is 2.61 bits per heavy atom. The Bertz CT molecular complexity index is 845. The SMILES string of the molecule is CSc1ccccc1NC(=O)Cn1c(SC)nc2ccccc21. The van der Waals surface area contributed by atoms with Gasteiger partial charge in [0.15, 0.2) is 5.16 Å². The summed E-state index contributed by atoms with van der Waals surface area (Å²) in [6.07, 6.45) is 3.97. The number of hydrogen-bond donors (Lipinski definition) is 1. The summed E-state index contributed by atoms with van der Waals surface area (Å²) in [6, 6.07) is 15.7. The maximum absolute atomic E-state index is 12.5. The molecular formula is C17H17N3OS2. The van der Waals surface area contributed by atoms with Crippen LogP contribution in [0.3, 0.4) is 0 Å². The van der Waals surface area contributed by atoms with Crippen molar-refractivity contribution in [2.24, 2.45) is 0 Å². The van der Waals surface area contributed by atoms with Crippen molar-refractivity contribution >= 4 is 46.2 Å². The fourth-order valence-corrected chi connectivity index (χ4v) is 3.57. The second kappa shape index (κ2) is 7.10. The Kier molecular flexibility index (Phi) is 4.93. The van der Waals surface area contributed by atoms with Gasteiger partial charge in [0.05, 0.1) is 16.7 Å². The van der Waals surface area contributed by atoms with Gasteiger partial charge in [-0.25, -0.2) is 4.98 Å². The predicted octanol–water partition coefficient (Wildman–Crippen LogP) is 4.12. The van der Waals surface area contributed by atoms with E-state index in [4.69, 9.17) is 0 Å². The summed E-state index contributed by atoms with van der Waals surface area (Å²) in [7, 11) is 0. The molecule has 1 amide bonds. The molecule has 0 aliphatic rings. The number of nitrogens with one attached hydrogen (secondary N) is 1. The molecule has 0 saturated carbocycles. The van der Waals surface area contributed by atoms with Gasteiger partial charge in [-0.15, -0.1) is 11.8 Å². The number of rotatable bonds is 5. The molecule has 0 unspecified atom stereocenters. The van der Waals surface area contributed by atoms with E-state index < -0.39 is 0 Å². The van der Waals surface area contributed by atoms with Gasteiger partial charge in [0.25, 0.3) is 0 Å². The number of carbonyl (C=O) groups excluding carboxylic acids is 1. The van der Waals surface area contributed by atoms with E-state index in [1.165, 1.54) is 0 Å². The second-order valence-electron chi connectivity index (χ2n) is 4.92. The van der Waals surface area contributed by atoms with E-state index in [0.717, 1.165) is 26.8 Å². The van der Waals surface area contributed by atoms with Crippen molar-refractivity contribution in [2.45, 2.75) is 16.6 Å². The van der Waals surface area contributed by atoms with Crippen molar-refractivity contribution in [2.75, 3.05) is 17.8 Å². The molecule has 3 rings (SSSR count). The number of nitrogens with zero attached hydrogens (tertiary/aromatic N) is 2. The molecule has 1 heterocycles. The quantitative estimate of drug-likeness (QED) is 0.708. The maximum Gasteiger partial charge on any atom is 0.244 e. The minimum Gasteiger partial charge on any atom is -0.324 e. The minimum atomic E-state index is -0.0510. The number of anilines is 1. The highest BCUT2D eigenvalue weighted by atomic mass is 32.2. The largest absolute Gasteiger partial charge is 0.324 e. The highest BCUT2D eigenvalue weighted by Crippen LogP contribution is 2.25.